The van der Waals surface area contributed by atoms with Crippen LogP contribution in [0.5, 0.6) is 11.5 Å². The van der Waals surface area contributed by atoms with Crippen molar-refractivity contribution in [1.82, 2.24) is 4.31 Å². The zero-order chi connectivity index (χ0) is 23.4. The largest absolute Gasteiger partial charge is 0.497 e. The number of nitrogens with zero attached hydrogens (tertiary/aromatic N) is 2. The van der Waals surface area contributed by atoms with E-state index in [4.69, 9.17) is 9.47 Å². The number of carbonyl (C=O) groups is 1. The van der Waals surface area contributed by atoms with Crippen molar-refractivity contribution < 1.29 is 31.1 Å². The molecule has 0 unspecified atom stereocenters. The molecule has 31 heavy (non-hydrogen) atoms. The summed E-state index contributed by atoms with van der Waals surface area (Å²) in [6.07, 6.45) is 0.957. The molecule has 0 heterocycles. The predicted octanol–water partition coefficient (Wildman–Crippen LogP) is 1.36. The molecule has 0 fully saturated rings. The van der Waals surface area contributed by atoms with Crippen molar-refractivity contribution in [3.8, 4) is 11.5 Å². The highest BCUT2D eigenvalue weighted by Gasteiger charge is 2.23. The summed E-state index contributed by atoms with van der Waals surface area (Å²) in [6.45, 7) is -0.520. The molecule has 0 saturated carbocycles. The van der Waals surface area contributed by atoms with Crippen LogP contribution in [0.25, 0.3) is 0 Å². The van der Waals surface area contributed by atoms with Gasteiger partial charge in [0.25, 0.3) is 0 Å². The van der Waals surface area contributed by atoms with Crippen molar-refractivity contribution in [2.75, 3.05) is 50.7 Å². The summed E-state index contributed by atoms with van der Waals surface area (Å²) in [5.41, 5.74) is 0.492. The number of ether oxygens (including phenoxy) is 2. The number of hydrogen-bond donors (Lipinski definition) is 1. The van der Waals surface area contributed by atoms with Crippen LogP contribution in [0, 0.1) is 0 Å². The molecular weight excluding hydrogens is 446 g/mol. The van der Waals surface area contributed by atoms with Crippen LogP contribution < -0.4 is 19.1 Å². The highest BCUT2D eigenvalue weighted by Crippen LogP contribution is 2.29. The fourth-order valence-electron chi connectivity index (χ4n) is 2.62. The van der Waals surface area contributed by atoms with Crippen LogP contribution in [-0.2, 0) is 24.8 Å². The number of carbonyl (C=O) groups excluding carboxylic acids is 1. The maximum Gasteiger partial charge on any atom is 0.245 e. The first kappa shape index (κ1) is 24.4. The molecule has 2 aromatic rings. The Morgan fingerprint density at radius 3 is 2.06 bits per heavy atom. The van der Waals surface area contributed by atoms with Crippen molar-refractivity contribution >= 4 is 37.3 Å². The van der Waals surface area contributed by atoms with Crippen LogP contribution in [0.3, 0.4) is 0 Å². The third-order valence-electron chi connectivity index (χ3n) is 4.27. The average Bonchev–Trinajstić information content (AvgIpc) is 2.71. The van der Waals surface area contributed by atoms with Crippen LogP contribution in [-0.4, -0.2) is 68.2 Å². The molecule has 1 N–H and O–H groups in total. The monoisotopic (exact) mass is 471 g/mol. The molecule has 0 saturated heterocycles. The van der Waals surface area contributed by atoms with Crippen molar-refractivity contribution in [3.05, 3.63) is 42.5 Å². The summed E-state index contributed by atoms with van der Waals surface area (Å²) in [6, 6.07) is 10.0. The molecule has 2 aromatic carbocycles. The Morgan fingerprint density at radius 1 is 0.968 bits per heavy atom. The number of benzene rings is 2. The zero-order valence-electron chi connectivity index (χ0n) is 17.8. The maximum atomic E-state index is 12.6. The average molecular weight is 472 g/mol. The Morgan fingerprint density at radius 2 is 1.58 bits per heavy atom. The Labute approximate surface area is 182 Å². The molecule has 0 aliphatic carbocycles. The van der Waals surface area contributed by atoms with E-state index in [0.717, 1.165) is 14.9 Å². The van der Waals surface area contributed by atoms with Gasteiger partial charge in [0.2, 0.25) is 26.0 Å². The highest BCUT2D eigenvalue weighted by molar-refractivity contribution is 7.92. The fraction of sp³-hybridized carbons (Fsp3) is 0.316. The molecule has 10 nitrogen and oxygen atoms in total. The SMILES string of the molecule is COc1ccc(NC(=O)CN(c2ccc(S(=O)(=O)N(C)C)cc2)S(C)(=O)=O)c(OC)c1. The van der Waals surface area contributed by atoms with Crippen molar-refractivity contribution in [2.45, 2.75) is 4.90 Å². The number of nitrogens with one attached hydrogen (secondary N) is 1. The highest BCUT2D eigenvalue weighted by atomic mass is 32.2. The first-order valence-corrected chi connectivity index (χ1v) is 12.2. The van der Waals surface area contributed by atoms with E-state index < -0.39 is 32.5 Å². The van der Waals surface area contributed by atoms with Gasteiger partial charge < -0.3 is 14.8 Å². The van der Waals surface area contributed by atoms with Gasteiger partial charge in [-0.05, 0) is 36.4 Å². The van der Waals surface area contributed by atoms with E-state index in [1.165, 1.54) is 52.6 Å². The van der Waals surface area contributed by atoms with Gasteiger partial charge in [-0.25, -0.2) is 21.1 Å². The first-order chi connectivity index (χ1) is 14.4. The van der Waals surface area contributed by atoms with Crippen LogP contribution in [0.1, 0.15) is 0 Å². The summed E-state index contributed by atoms with van der Waals surface area (Å²) in [5, 5.41) is 2.61. The molecule has 0 aromatic heterocycles. The number of hydrogen-bond acceptors (Lipinski definition) is 7. The lowest BCUT2D eigenvalue weighted by Gasteiger charge is -2.22. The van der Waals surface area contributed by atoms with Crippen LogP contribution >= 0.6 is 0 Å². The smallest absolute Gasteiger partial charge is 0.245 e. The van der Waals surface area contributed by atoms with Crippen molar-refractivity contribution in [2.24, 2.45) is 0 Å². The van der Waals surface area contributed by atoms with Crippen molar-refractivity contribution in [1.29, 1.82) is 0 Å². The molecule has 0 spiro atoms. The maximum absolute atomic E-state index is 12.6. The lowest BCUT2D eigenvalue weighted by molar-refractivity contribution is -0.114. The standard InChI is InChI=1S/C19H25N3O7S2/c1-21(2)31(26,27)16-9-6-14(7-10-16)22(30(5,24)25)13-19(23)20-17-11-8-15(28-3)12-18(17)29-4/h6-12H,13H2,1-5H3,(H,20,23). The molecule has 0 atom stereocenters. The van der Waals surface area contributed by atoms with Crippen LogP contribution in [0.15, 0.2) is 47.4 Å². The van der Waals surface area contributed by atoms with E-state index in [-0.39, 0.29) is 10.6 Å². The molecule has 0 radical (unpaired) electrons. The normalized spacial score (nSPS) is 11.8. The summed E-state index contributed by atoms with van der Waals surface area (Å²) in [5.74, 6) is 0.260. The molecule has 0 bridgehead atoms. The van der Waals surface area contributed by atoms with E-state index in [1.54, 1.807) is 18.2 Å². The molecule has 2 rings (SSSR count). The summed E-state index contributed by atoms with van der Waals surface area (Å²) in [7, 11) is -1.80. The number of rotatable bonds is 9. The van der Waals surface area contributed by atoms with E-state index in [9.17, 15) is 21.6 Å². The molecule has 0 aliphatic rings. The second kappa shape index (κ2) is 9.54. The van der Waals surface area contributed by atoms with E-state index in [1.807, 2.05) is 0 Å². The van der Waals surface area contributed by atoms with Gasteiger partial charge in [0, 0.05) is 20.2 Å². The van der Waals surface area contributed by atoms with Gasteiger partial charge in [0.15, 0.2) is 0 Å². The third-order valence-corrected chi connectivity index (χ3v) is 7.24. The Kier molecular flexibility index (Phi) is 7.52. The second-order valence-corrected chi connectivity index (χ2v) is 10.7. The second-order valence-electron chi connectivity index (χ2n) is 6.67. The topological polar surface area (TPSA) is 122 Å². The lowest BCUT2D eigenvalue weighted by atomic mass is 10.2. The molecule has 0 aliphatic heterocycles. The molecule has 170 valence electrons. The van der Waals surface area contributed by atoms with Gasteiger partial charge in [-0.3, -0.25) is 9.10 Å². The summed E-state index contributed by atoms with van der Waals surface area (Å²) < 4.78 is 61.3. The summed E-state index contributed by atoms with van der Waals surface area (Å²) in [4.78, 5) is 12.6. The zero-order valence-corrected chi connectivity index (χ0v) is 19.5. The van der Waals surface area contributed by atoms with E-state index in [2.05, 4.69) is 5.32 Å². The fourth-order valence-corrected chi connectivity index (χ4v) is 4.38. The van der Waals surface area contributed by atoms with Crippen molar-refractivity contribution in [3.63, 3.8) is 0 Å². The van der Waals surface area contributed by atoms with E-state index in [0.29, 0.717) is 17.2 Å². The number of methoxy groups -OCH3 is 2. The third kappa shape index (κ3) is 5.87. The van der Waals surface area contributed by atoms with Crippen LogP contribution in [0.4, 0.5) is 11.4 Å². The molecule has 12 heteroatoms. The minimum Gasteiger partial charge on any atom is -0.497 e. The van der Waals surface area contributed by atoms with Crippen LogP contribution in [0.2, 0.25) is 0 Å². The minimum absolute atomic E-state index is 0.00196. The van der Waals surface area contributed by atoms with Gasteiger partial charge in [0.1, 0.15) is 18.0 Å². The number of amides is 1. The van der Waals surface area contributed by atoms with Gasteiger partial charge in [-0.1, -0.05) is 0 Å². The molecule has 1 amide bonds. The molecular formula is C19H25N3O7S2. The minimum atomic E-state index is -3.83. The number of sulfonamides is 2. The summed E-state index contributed by atoms with van der Waals surface area (Å²) >= 11 is 0. The van der Waals surface area contributed by atoms with Gasteiger partial charge in [-0.2, -0.15) is 0 Å². The van der Waals surface area contributed by atoms with Gasteiger partial charge in [0.05, 0.1) is 36.7 Å². The predicted molar refractivity (Wildman–Crippen MR) is 118 cm³/mol. The van der Waals surface area contributed by atoms with E-state index >= 15 is 0 Å². The Balaban J connectivity index is 2.28. The van der Waals surface area contributed by atoms with Gasteiger partial charge >= 0.3 is 0 Å². The Hall–Kier alpha value is -2.83. The Bertz CT molecular complexity index is 1150. The lowest BCUT2D eigenvalue weighted by Crippen LogP contribution is -2.37. The quantitative estimate of drug-likeness (QED) is 0.586. The number of anilines is 2. The first-order valence-electron chi connectivity index (χ1n) is 8.92. The van der Waals surface area contributed by atoms with Gasteiger partial charge in [-0.15, -0.1) is 0 Å².